The largest absolute Gasteiger partial charge is 0.481 e. The first-order valence-electron chi connectivity index (χ1n) is 6.73. The Morgan fingerprint density at radius 3 is 2.14 bits per heavy atom. The summed E-state index contributed by atoms with van der Waals surface area (Å²) in [6.45, 7) is 0. The SMILES string of the molecule is CN(C)C(=O)c1ccc(NC(=O)CCCCC(=O)O)cc1. The van der Waals surface area contributed by atoms with Crippen LogP contribution in [0.15, 0.2) is 24.3 Å². The molecule has 0 saturated carbocycles. The monoisotopic (exact) mass is 292 g/mol. The van der Waals surface area contributed by atoms with E-state index in [0.29, 0.717) is 24.1 Å². The van der Waals surface area contributed by atoms with Crippen LogP contribution in [0.4, 0.5) is 5.69 Å². The third-order valence-electron chi connectivity index (χ3n) is 2.87. The number of carbonyl (C=O) groups excluding carboxylic acids is 2. The first-order chi connectivity index (χ1) is 9.90. The van der Waals surface area contributed by atoms with Crippen molar-refractivity contribution in [2.24, 2.45) is 0 Å². The van der Waals surface area contributed by atoms with Gasteiger partial charge in [-0.15, -0.1) is 0 Å². The molecule has 6 nitrogen and oxygen atoms in total. The number of benzene rings is 1. The fourth-order valence-corrected chi connectivity index (χ4v) is 1.74. The van der Waals surface area contributed by atoms with Crippen LogP contribution in [-0.2, 0) is 9.59 Å². The van der Waals surface area contributed by atoms with E-state index in [0.717, 1.165) is 0 Å². The molecular weight excluding hydrogens is 272 g/mol. The average molecular weight is 292 g/mol. The minimum absolute atomic E-state index is 0.0780. The Morgan fingerprint density at radius 2 is 1.62 bits per heavy atom. The number of carbonyl (C=O) groups is 3. The van der Waals surface area contributed by atoms with Gasteiger partial charge in [0.15, 0.2) is 0 Å². The minimum atomic E-state index is -0.850. The van der Waals surface area contributed by atoms with E-state index in [1.807, 2.05) is 0 Å². The van der Waals surface area contributed by atoms with Crippen molar-refractivity contribution in [2.45, 2.75) is 25.7 Å². The zero-order valence-corrected chi connectivity index (χ0v) is 12.3. The first-order valence-corrected chi connectivity index (χ1v) is 6.73. The van der Waals surface area contributed by atoms with Gasteiger partial charge in [-0.05, 0) is 37.1 Å². The predicted molar refractivity (Wildman–Crippen MR) is 79.2 cm³/mol. The van der Waals surface area contributed by atoms with Gasteiger partial charge in [-0.1, -0.05) is 0 Å². The van der Waals surface area contributed by atoms with E-state index in [9.17, 15) is 14.4 Å². The molecule has 0 aliphatic heterocycles. The fraction of sp³-hybridized carbons (Fsp3) is 0.400. The van der Waals surface area contributed by atoms with Gasteiger partial charge in [0.25, 0.3) is 5.91 Å². The molecule has 6 heteroatoms. The summed E-state index contributed by atoms with van der Waals surface area (Å²) in [7, 11) is 3.35. The maximum Gasteiger partial charge on any atom is 0.303 e. The van der Waals surface area contributed by atoms with Crippen LogP contribution in [0, 0.1) is 0 Å². The average Bonchev–Trinajstić information content (AvgIpc) is 2.43. The van der Waals surface area contributed by atoms with Crippen LogP contribution in [0.1, 0.15) is 36.0 Å². The van der Waals surface area contributed by atoms with Crippen molar-refractivity contribution < 1.29 is 19.5 Å². The van der Waals surface area contributed by atoms with E-state index in [4.69, 9.17) is 5.11 Å². The number of aliphatic carboxylic acids is 1. The molecule has 2 N–H and O–H groups in total. The summed E-state index contributed by atoms with van der Waals surface area (Å²) >= 11 is 0. The van der Waals surface area contributed by atoms with E-state index < -0.39 is 5.97 Å². The quantitative estimate of drug-likeness (QED) is 0.752. The van der Waals surface area contributed by atoms with Gasteiger partial charge >= 0.3 is 5.97 Å². The van der Waals surface area contributed by atoms with Crippen LogP contribution in [-0.4, -0.2) is 41.9 Å². The fourth-order valence-electron chi connectivity index (χ4n) is 1.74. The molecule has 1 aromatic carbocycles. The van der Waals surface area contributed by atoms with E-state index >= 15 is 0 Å². The highest BCUT2D eigenvalue weighted by Crippen LogP contribution is 2.12. The Bertz CT molecular complexity index is 509. The van der Waals surface area contributed by atoms with Gasteiger partial charge in [0.1, 0.15) is 0 Å². The number of anilines is 1. The lowest BCUT2D eigenvalue weighted by molar-refractivity contribution is -0.137. The molecule has 0 aromatic heterocycles. The number of unbranched alkanes of at least 4 members (excludes halogenated alkanes) is 1. The lowest BCUT2D eigenvalue weighted by atomic mass is 10.1. The topological polar surface area (TPSA) is 86.7 Å². The maximum atomic E-state index is 11.7. The van der Waals surface area contributed by atoms with Gasteiger partial charge in [-0.3, -0.25) is 14.4 Å². The summed E-state index contributed by atoms with van der Waals surface area (Å²) in [6, 6.07) is 6.66. The van der Waals surface area contributed by atoms with E-state index in [-0.39, 0.29) is 24.7 Å². The van der Waals surface area contributed by atoms with Crippen LogP contribution in [0.25, 0.3) is 0 Å². The third-order valence-corrected chi connectivity index (χ3v) is 2.87. The Kier molecular flexibility index (Phi) is 6.39. The number of nitrogens with one attached hydrogen (secondary N) is 1. The molecule has 0 bridgehead atoms. The molecule has 1 rings (SSSR count). The highest BCUT2D eigenvalue weighted by molar-refractivity contribution is 5.95. The summed E-state index contributed by atoms with van der Waals surface area (Å²) in [4.78, 5) is 35.2. The molecule has 0 fully saturated rings. The van der Waals surface area contributed by atoms with Crippen molar-refractivity contribution in [3.05, 3.63) is 29.8 Å². The number of hydrogen-bond donors (Lipinski definition) is 2. The molecule has 0 radical (unpaired) electrons. The zero-order chi connectivity index (χ0) is 15.8. The van der Waals surface area contributed by atoms with Gasteiger partial charge in [-0.25, -0.2) is 0 Å². The van der Waals surface area contributed by atoms with Crippen molar-refractivity contribution in [3.8, 4) is 0 Å². The molecule has 1 aromatic rings. The summed E-state index contributed by atoms with van der Waals surface area (Å²) < 4.78 is 0. The molecule has 0 heterocycles. The van der Waals surface area contributed by atoms with E-state index in [1.165, 1.54) is 4.90 Å². The molecule has 0 aliphatic rings. The second-order valence-electron chi connectivity index (χ2n) is 4.93. The second-order valence-corrected chi connectivity index (χ2v) is 4.93. The van der Waals surface area contributed by atoms with Crippen molar-refractivity contribution in [2.75, 3.05) is 19.4 Å². The zero-order valence-electron chi connectivity index (χ0n) is 12.3. The minimum Gasteiger partial charge on any atom is -0.481 e. The number of amides is 2. The van der Waals surface area contributed by atoms with Gasteiger partial charge in [-0.2, -0.15) is 0 Å². The number of hydrogen-bond acceptors (Lipinski definition) is 3. The molecule has 0 aliphatic carbocycles. The molecular formula is C15H20N2O4. The second kappa shape index (κ2) is 8.04. The highest BCUT2D eigenvalue weighted by atomic mass is 16.4. The number of carboxylic acid groups (broad SMARTS) is 1. The van der Waals surface area contributed by atoms with Crippen LogP contribution in [0.3, 0.4) is 0 Å². The third kappa shape index (κ3) is 6.07. The van der Waals surface area contributed by atoms with Gasteiger partial charge in [0.2, 0.25) is 5.91 Å². The normalized spacial score (nSPS) is 10.0. The maximum absolute atomic E-state index is 11.7. The predicted octanol–water partition coefficient (Wildman–Crippen LogP) is 1.97. The summed E-state index contributed by atoms with van der Waals surface area (Å²) in [5.41, 5.74) is 1.17. The molecule has 0 atom stereocenters. The van der Waals surface area contributed by atoms with Crippen LogP contribution in [0.5, 0.6) is 0 Å². The van der Waals surface area contributed by atoms with Crippen LogP contribution >= 0.6 is 0 Å². The van der Waals surface area contributed by atoms with Gasteiger partial charge < -0.3 is 15.3 Å². The summed E-state index contributed by atoms with van der Waals surface area (Å²) in [5.74, 6) is -1.11. The molecule has 21 heavy (non-hydrogen) atoms. The molecule has 0 saturated heterocycles. The van der Waals surface area contributed by atoms with Crippen LogP contribution in [0.2, 0.25) is 0 Å². The Balaban J connectivity index is 2.43. The molecule has 0 unspecified atom stereocenters. The lowest BCUT2D eigenvalue weighted by Crippen LogP contribution is -2.21. The Morgan fingerprint density at radius 1 is 1.05 bits per heavy atom. The molecule has 0 spiro atoms. The Labute approximate surface area is 123 Å². The van der Waals surface area contributed by atoms with E-state index in [2.05, 4.69) is 5.32 Å². The van der Waals surface area contributed by atoms with Crippen molar-refractivity contribution in [1.82, 2.24) is 4.90 Å². The number of rotatable bonds is 7. The van der Waals surface area contributed by atoms with Crippen LogP contribution < -0.4 is 5.32 Å². The number of carboxylic acids is 1. The van der Waals surface area contributed by atoms with Crippen molar-refractivity contribution in [3.63, 3.8) is 0 Å². The van der Waals surface area contributed by atoms with Gasteiger partial charge in [0, 0.05) is 38.2 Å². The standard InChI is InChI=1S/C15H20N2O4/c1-17(2)15(21)11-7-9-12(10-8-11)16-13(18)5-3-4-6-14(19)20/h7-10H,3-6H2,1-2H3,(H,16,18)(H,19,20). The van der Waals surface area contributed by atoms with E-state index in [1.54, 1.807) is 38.4 Å². The first kappa shape index (κ1) is 16.7. The highest BCUT2D eigenvalue weighted by Gasteiger charge is 2.08. The van der Waals surface area contributed by atoms with Crippen molar-refractivity contribution >= 4 is 23.5 Å². The lowest BCUT2D eigenvalue weighted by Gasteiger charge is -2.11. The molecule has 114 valence electrons. The summed E-state index contributed by atoms with van der Waals surface area (Å²) in [6.07, 6.45) is 1.38. The molecule has 2 amide bonds. The smallest absolute Gasteiger partial charge is 0.303 e. The Hall–Kier alpha value is -2.37. The van der Waals surface area contributed by atoms with Crippen molar-refractivity contribution in [1.29, 1.82) is 0 Å². The van der Waals surface area contributed by atoms with Gasteiger partial charge in [0.05, 0.1) is 0 Å². The summed E-state index contributed by atoms with van der Waals surface area (Å²) in [5, 5.41) is 11.2. The number of nitrogens with zero attached hydrogens (tertiary/aromatic N) is 1.